The summed E-state index contributed by atoms with van der Waals surface area (Å²) < 4.78 is 13.4. The molecule has 0 saturated carbocycles. The van der Waals surface area contributed by atoms with Crippen molar-refractivity contribution in [3.8, 4) is 0 Å². The van der Waals surface area contributed by atoms with E-state index in [9.17, 15) is 4.39 Å². The van der Waals surface area contributed by atoms with E-state index in [4.69, 9.17) is 4.98 Å². The summed E-state index contributed by atoms with van der Waals surface area (Å²) >= 11 is 0. The summed E-state index contributed by atoms with van der Waals surface area (Å²) in [7, 11) is 0. The van der Waals surface area contributed by atoms with Gasteiger partial charge in [-0.2, -0.15) is 0 Å². The first-order chi connectivity index (χ1) is 12.8. The van der Waals surface area contributed by atoms with Crippen LogP contribution in [0.2, 0.25) is 0 Å². The van der Waals surface area contributed by atoms with E-state index >= 15 is 0 Å². The van der Waals surface area contributed by atoms with Crippen molar-refractivity contribution in [2.75, 3.05) is 6.54 Å². The maximum Gasteiger partial charge on any atom is 0.123 e. The molecule has 26 heavy (non-hydrogen) atoms. The molecule has 3 nitrogen and oxygen atoms in total. The van der Waals surface area contributed by atoms with Crippen molar-refractivity contribution in [2.24, 2.45) is 0 Å². The van der Waals surface area contributed by atoms with E-state index in [1.807, 2.05) is 24.5 Å². The first kappa shape index (κ1) is 16.9. The lowest BCUT2D eigenvalue weighted by atomic mass is 10.1. The van der Waals surface area contributed by atoms with E-state index in [0.717, 1.165) is 36.5 Å². The molecule has 3 aromatic rings. The van der Waals surface area contributed by atoms with Crippen LogP contribution in [0.5, 0.6) is 0 Å². The molecule has 1 atom stereocenters. The van der Waals surface area contributed by atoms with Crippen molar-refractivity contribution in [3.63, 3.8) is 0 Å². The van der Waals surface area contributed by atoms with Gasteiger partial charge in [0.25, 0.3) is 0 Å². The van der Waals surface area contributed by atoms with E-state index in [0.29, 0.717) is 12.5 Å². The van der Waals surface area contributed by atoms with Gasteiger partial charge in [-0.3, -0.25) is 14.9 Å². The Kier molecular flexibility index (Phi) is 5.02. The van der Waals surface area contributed by atoms with Gasteiger partial charge in [0.2, 0.25) is 0 Å². The molecule has 0 unspecified atom stereocenters. The molecule has 0 amide bonds. The van der Waals surface area contributed by atoms with Gasteiger partial charge < -0.3 is 0 Å². The predicted molar refractivity (Wildman–Crippen MR) is 100 cm³/mol. The average molecular weight is 347 g/mol. The van der Waals surface area contributed by atoms with Gasteiger partial charge in [-0.05, 0) is 66.9 Å². The van der Waals surface area contributed by atoms with E-state index in [2.05, 4.69) is 34.1 Å². The summed E-state index contributed by atoms with van der Waals surface area (Å²) in [5, 5.41) is 0. The van der Waals surface area contributed by atoms with Crippen LogP contribution < -0.4 is 0 Å². The van der Waals surface area contributed by atoms with Gasteiger partial charge in [0, 0.05) is 31.1 Å². The van der Waals surface area contributed by atoms with Gasteiger partial charge in [0.05, 0.1) is 11.7 Å². The zero-order valence-corrected chi connectivity index (χ0v) is 14.7. The fourth-order valence-corrected chi connectivity index (χ4v) is 3.71. The van der Waals surface area contributed by atoms with Crippen LogP contribution in [0.4, 0.5) is 4.39 Å². The Morgan fingerprint density at radius 1 is 1.00 bits per heavy atom. The second kappa shape index (κ2) is 7.75. The Hall–Kier alpha value is -2.59. The number of hydrogen-bond acceptors (Lipinski definition) is 3. The molecule has 2 aromatic heterocycles. The van der Waals surface area contributed by atoms with Crippen LogP contribution in [0.3, 0.4) is 0 Å². The lowest BCUT2D eigenvalue weighted by Gasteiger charge is -2.24. The van der Waals surface area contributed by atoms with E-state index in [1.165, 1.54) is 18.1 Å². The molecule has 1 aromatic carbocycles. The lowest BCUT2D eigenvalue weighted by Crippen LogP contribution is -2.23. The number of halogens is 1. The van der Waals surface area contributed by atoms with Crippen LogP contribution in [0.25, 0.3) is 0 Å². The summed E-state index contributed by atoms with van der Waals surface area (Å²) in [6, 6.07) is 17.5. The van der Waals surface area contributed by atoms with Gasteiger partial charge in [-0.15, -0.1) is 0 Å². The summed E-state index contributed by atoms with van der Waals surface area (Å²) in [6.45, 7) is 2.01. The Bertz CT molecular complexity index is 866. The fraction of sp³-hybridized carbons (Fsp3) is 0.273. The molecule has 0 bridgehead atoms. The molecule has 1 aliphatic rings. The molecule has 1 saturated heterocycles. The summed E-state index contributed by atoms with van der Waals surface area (Å²) in [6.07, 6.45) is 6.66. The highest BCUT2D eigenvalue weighted by Crippen LogP contribution is 2.32. The van der Waals surface area contributed by atoms with Gasteiger partial charge in [-0.1, -0.05) is 18.2 Å². The molecule has 4 rings (SSSR count). The molecule has 4 heteroatoms. The normalized spacial score (nSPS) is 17.5. The molecule has 1 aliphatic heterocycles. The first-order valence-electron chi connectivity index (χ1n) is 9.11. The topological polar surface area (TPSA) is 29.0 Å². The zero-order valence-electron chi connectivity index (χ0n) is 14.7. The van der Waals surface area contributed by atoms with Crippen LogP contribution in [0.15, 0.2) is 67.0 Å². The summed E-state index contributed by atoms with van der Waals surface area (Å²) in [5.41, 5.74) is 4.34. The largest absolute Gasteiger partial charge is 0.291 e. The monoisotopic (exact) mass is 347 g/mol. The zero-order chi connectivity index (χ0) is 17.8. The summed E-state index contributed by atoms with van der Waals surface area (Å²) in [4.78, 5) is 11.5. The first-order valence-corrected chi connectivity index (χ1v) is 9.11. The van der Waals surface area contributed by atoms with Crippen LogP contribution >= 0.6 is 0 Å². The van der Waals surface area contributed by atoms with E-state index in [-0.39, 0.29) is 5.82 Å². The maximum absolute atomic E-state index is 13.4. The molecule has 132 valence electrons. The highest BCUT2D eigenvalue weighted by atomic mass is 19.1. The Balaban J connectivity index is 1.51. The second-order valence-corrected chi connectivity index (χ2v) is 6.84. The van der Waals surface area contributed by atoms with Crippen LogP contribution in [-0.4, -0.2) is 21.4 Å². The lowest BCUT2D eigenvalue weighted by molar-refractivity contribution is 0.244. The summed E-state index contributed by atoms with van der Waals surface area (Å²) in [5.74, 6) is -0.196. The number of nitrogens with zero attached hydrogens (tertiary/aromatic N) is 3. The van der Waals surface area contributed by atoms with E-state index < -0.39 is 0 Å². The predicted octanol–water partition coefficient (Wildman–Crippen LogP) is 4.54. The number of pyridine rings is 2. The molecule has 0 aliphatic carbocycles. The third-order valence-electron chi connectivity index (χ3n) is 4.94. The van der Waals surface area contributed by atoms with Gasteiger partial charge in [0.1, 0.15) is 5.82 Å². The van der Waals surface area contributed by atoms with Crippen LogP contribution in [-0.2, 0) is 13.0 Å². The highest BCUT2D eigenvalue weighted by molar-refractivity contribution is 5.24. The Morgan fingerprint density at radius 2 is 1.85 bits per heavy atom. The van der Waals surface area contributed by atoms with Crippen molar-refractivity contribution >= 4 is 0 Å². The molecule has 0 spiro atoms. The third-order valence-corrected chi connectivity index (χ3v) is 4.94. The second-order valence-electron chi connectivity index (χ2n) is 6.84. The number of aromatic nitrogens is 2. The number of benzene rings is 1. The number of rotatable bonds is 5. The molecule has 1 fully saturated rings. The molecule has 3 heterocycles. The average Bonchev–Trinajstić information content (AvgIpc) is 3.11. The quantitative estimate of drug-likeness (QED) is 0.678. The molecular weight excluding hydrogens is 325 g/mol. The van der Waals surface area contributed by atoms with Gasteiger partial charge in [-0.25, -0.2) is 4.39 Å². The Labute approximate surface area is 153 Å². The minimum absolute atomic E-state index is 0.196. The van der Waals surface area contributed by atoms with E-state index in [1.54, 1.807) is 12.1 Å². The smallest absolute Gasteiger partial charge is 0.123 e. The molecule has 0 radical (unpaired) electrons. The van der Waals surface area contributed by atoms with Gasteiger partial charge >= 0.3 is 0 Å². The minimum atomic E-state index is -0.196. The van der Waals surface area contributed by atoms with Crippen molar-refractivity contribution in [3.05, 3.63) is 95.3 Å². The van der Waals surface area contributed by atoms with Crippen LogP contribution in [0, 0.1) is 5.82 Å². The van der Waals surface area contributed by atoms with Crippen molar-refractivity contribution in [1.29, 1.82) is 0 Å². The maximum atomic E-state index is 13.4. The van der Waals surface area contributed by atoms with Crippen molar-refractivity contribution < 1.29 is 4.39 Å². The third kappa shape index (κ3) is 3.97. The standard InChI is InChI=1S/C22H22FN3/c23-19-5-1-4-18(14-19)15-20-6-2-7-21(25-20)22-8-3-13-26(22)16-17-9-11-24-12-10-17/h1-2,4-7,9-12,14,22H,3,8,13,15-16H2/t22-/m0/s1. The van der Waals surface area contributed by atoms with Crippen molar-refractivity contribution in [1.82, 2.24) is 14.9 Å². The molecule has 0 N–H and O–H groups in total. The Morgan fingerprint density at radius 3 is 2.69 bits per heavy atom. The minimum Gasteiger partial charge on any atom is -0.291 e. The number of hydrogen-bond donors (Lipinski definition) is 0. The fourth-order valence-electron chi connectivity index (χ4n) is 3.71. The number of likely N-dealkylation sites (tertiary alicyclic amines) is 1. The highest BCUT2D eigenvalue weighted by Gasteiger charge is 2.27. The van der Waals surface area contributed by atoms with Crippen LogP contribution in [0.1, 0.15) is 41.4 Å². The SMILES string of the molecule is Fc1cccc(Cc2cccc([C@@H]3CCCN3Cc3ccncc3)n2)c1. The van der Waals surface area contributed by atoms with Crippen molar-refractivity contribution in [2.45, 2.75) is 31.8 Å². The van der Waals surface area contributed by atoms with Gasteiger partial charge in [0.15, 0.2) is 0 Å². The molecular formula is C22H22FN3.